The van der Waals surface area contributed by atoms with E-state index in [0.29, 0.717) is 0 Å². The fourth-order valence-electron chi connectivity index (χ4n) is 0.591. The van der Waals surface area contributed by atoms with E-state index in [1.54, 1.807) is 0 Å². The van der Waals surface area contributed by atoms with Crippen LogP contribution in [0.15, 0.2) is 0 Å². The molecule has 0 aliphatic carbocycles. The highest BCUT2D eigenvalue weighted by Crippen LogP contribution is 1.78. The van der Waals surface area contributed by atoms with E-state index in [1.165, 1.54) is 0 Å². The Balaban J connectivity index is 3.37. The van der Waals surface area contributed by atoms with Gasteiger partial charge in [-0.05, 0) is 0 Å². The molecule has 0 bridgehead atoms. The molecular weight excluding hydrogens is 194 g/mol. The van der Waals surface area contributed by atoms with Crippen LogP contribution in [0.2, 0.25) is 0 Å². The topological polar surface area (TPSA) is 113 Å². The SMILES string of the molecule is O=C(O)CCNC(=O)COCC(=O)O. The third kappa shape index (κ3) is 8.47. The van der Waals surface area contributed by atoms with Crippen molar-refractivity contribution in [2.24, 2.45) is 0 Å². The van der Waals surface area contributed by atoms with Crippen molar-refractivity contribution in [2.45, 2.75) is 6.42 Å². The molecule has 0 fully saturated rings. The number of ether oxygens (including phenoxy) is 1. The summed E-state index contributed by atoms with van der Waals surface area (Å²) < 4.78 is 4.46. The second kappa shape index (κ2) is 6.84. The Kier molecular flexibility index (Phi) is 6.04. The van der Waals surface area contributed by atoms with Crippen molar-refractivity contribution in [2.75, 3.05) is 19.8 Å². The molecule has 14 heavy (non-hydrogen) atoms. The fraction of sp³-hybridized carbons (Fsp3) is 0.571. The predicted molar refractivity (Wildman–Crippen MR) is 43.7 cm³/mol. The Labute approximate surface area is 79.7 Å². The number of amides is 1. The minimum Gasteiger partial charge on any atom is -0.481 e. The lowest BCUT2D eigenvalue weighted by Gasteiger charge is -2.02. The van der Waals surface area contributed by atoms with Gasteiger partial charge in [0, 0.05) is 6.54 Å². The summed E-state index contributed by atoms with van der Waals surface area (Å²) in [5.74, 6) is -2.72. The first kappa shape index (κ1) is 12.4. The summed E-state index contributed by atoms with van der Waals surface area (Å²) in [6, 6.07) is 0. The van der Waals surface area contributed by atoms with Gasteiger partial charge in [0.25, 0.3) is 0 Å². The van der Waals surface area contributed by atoms with Crippen LogP contribution in [-0.2, 0) is 19.1 Å². The predicted octanol–water partition coefficient (Wildman–Crippen LogP) is -1.32. The van der Waals surface area contributed by atoms with Gasteiger partial charge < -0.3 is 20.3 Å². The van der Waals surface area contributed by atoms with Gasteiger partial charge in [0.2, 0.25) is 5.91 Å². The van der Waals surface area contributed by atoms with E-state index < -0.39 is 24.5 Å². The molecule has 0 aromatic rings. The van der Waals surface area contributed by atoms with Crippen LogP contribution in [0.25, 0.3) is 0 Å². The third-order valence-electron chi connectivity index (χ3n) is 1.12. The number of rotatable bonds is 7. The number of nitrogens with one attached hydrogen (secondary N) is 1. The van der Waals surface area contributed by atoms with E-state index >= 15 is 0 Å². The summed E-state index contributed by atoms with van der Waals surface area (Å²) in [5.41, 5.74) is 0. The summed E-state index contributed by atoms with van der Waals surface area (Å²) in [6.07, 6.45) is -0.176. The molecule has 0 aromatic heterocycles. The summed E-state index contributed by atoms with van der Waals surface area (Å²) in [4.78, 5) is 30.8. The van der Waals surface area contributed by atoms with E-state index in [2.05, 4.69) is 10.1 Å². The zero-order valence-electron chi connectivity index (χ0n) is 7.36. The first-order valence-electron chi connectivity index (χ1n) is 3.80. The number of carboxylic acids is 2. The molecule has 0 aliphatic heterocycles. The van der Waals surface area contributed by atoms with Crippen molar-refractivity contribution in [3.8, 4) is 0 Å². The van der Waals surface area contributed by atoms with Gasteiger partial charge in [-0.15, -0.1) is 0 Å². The van der Waals surface area contributed by atoms with Crippen molar-refractivity contribution < 1.29 is 29.3 Å². The van der Waals surface area contributed by atoms with Gasteiger partial charge in [0.05, 0.1) is 6.42 Å². The van der Waals surface area contributed by atoms with Crippen LogP contribution in [0.3, 0.4) is 0 Å². The fourth-order valence-corrected chi connectivity index (χ4v) is 0.591. The number of aliphatic carboxylic acids is 2. The van der Waals surface area contributed by atoms with Gasteiger partial charge >= 0.3 is 11.9 Å². The van der Waals surface area contributed by atoms with Crippen molar-refractivity contribution in [3.63, 3.8) is 0 Å². The van der Waals surface area contributed by atoms with Gasteiger partial charge in [-0.25, -0.2) is 4.79 Å². The van der Waals surface area contributed by atoms with Crippen LogP contribution >= 0.6 is 0 Å². The zero-order valence-corrected chi connectivity index (χ0v) is 7.36. The quantitative estimate of drug-likeness (QED) is 0.475. The second-order valence-corrected chi connectivity index (χ2v) is 2.38. The normalized spacial score (nSPS) is 9.43. The molecule has 1 amide bonds. The van der Waals surface area contributed by atoms with E-state index in [-0.39, 0.29) is 19.6 Å². The second-order valence-electron chi connectivity index (χ2n) is 2.38. The largest absolute Gasteiger partial charge is 0.481 e. The number of carbonyl (C=O) groups excluding carboxylic acids is 1. The number of carboxylic acid groups (broad SMARTS) is 2. The third-order valence-corrected chi connectivity index (χ3v) is 1.12. The Morgan fingerprint density at radius 1 is 1.07 bits per heavy atom. The lowest BCUT2D eigenvalue weighted by atomic mass is 10.4. The molecule has 7 heteroatoms. The Bertz CT molecular complexity index is 204. The van der Waals surface area contributed by atoms with Crippen LogP contribution in [-0.4, -0.2) is 47.8 Å². The van der Waals surface area contributed by atoms with E-state index in [0.717, 1.165) is 0 Å². The first-order valence-corrected chi connectivity index (χ1v) is 3.80. The maximum Gasteiger partial charge on any atom is 0.329 e. The van der Waals surface area contributed by atoms with Gasteiger partial charge in [-0.3, -0.25) is 9.59 Å². The molecule has 7 nitrogen and oxygen atoms in total. The summed E-state index contributed by atoms with van der Waals surface area (Å²) in [6.45, 7) is -0.928. The first-order chi connectivity index (χ1) is 6.52. The van der Waals surface area contributed by atoms with Crippen LogP contribution in [0.5, 0.6) is 0 Å². The lowest BCUT2D eigenvalue weighted by Crippen LogP contribution is -2.30. The highest BCUT2D eigenvalue weighted by atomic mass is 16.5. The Morgan fingerprint density at radius 3 is 2.21 bits per heavy atom. The summed E-state index contributed by atoms with van der Waals surface area (Å²) in [7, 11) is 0. The standard InChI is InChI=1S/C7H11NO6/c9-5(3-14-4-7(12)13)8-2-1-6(10)11/h1-4H2,(H,8,9)(H,10,11)(H,12,13). The molecule has 0 radical (unpaired) electrons. The molecular formula is C7H11NO6. The average molecular weight is 205 g/mol. The zero-order chi connectivity index (χ0) is 11.0. The number of carbonyl (C=O) groups is 3. The molecule has 0 heterocycles. The minimum atomic E-state index is -1.16. The minimum absolute atomic E-state index is 0.00456. The van der Waals surface area contributed by atoms with Crippen molar-refractivity contribution in [1.82, 2.24) is 5.32 Å². The highest BCUT2D eigenvalue weighted by molar-refractivity contribution is 5.78. The monoisotopic (exact) mass is 205 g/mol. The van der Waals surface area contributed by atoms with Gasteiger partial charge in [-0.2, -0.15) is 0 Å². The molecule has 0 spiro atoms. The molecule has 0 unspecified atom stereocenters. The highest BCUT2D eigenvalue weighted by Gasteiger charge is 2.04. The van der Waals surface area contributed by atoms with Crippen molar-refractivity contribution in [1.29, 1.82) is 0 Å². The smallest absolute Gasteiger partial charge is 0.329 e. The molecule has 3 N–H and O–H groups in total. The Hall–Kier alpha value is -1.63. The van der Waals surface area contributed by atoms with Crippen LogP contribution in [0.1, 0.15) is 6.42 Å². The molecule has 0 rings (SSSR count). The summed E-state index contributed by atoms with van der Waals surface area (Å²) >= 11 is 0. The molecule has 0 aliphatic rings. The maximum absolute atomic E-state index is 10.8. The van der Waals surface area contributed by atoms with Crippen molar-refractivity contribution in [3.05, 3.63) is 0 Å². The van der Waals surface area contributed by atoms with Crippen LogP contribution < -0.4 is 5.32 Å². The molecule has 0 atom stereocenters. The lowest BCUT2D eigenvalue weighted by molar-refractivity contribution is -0.143. The van der Waals surface area contributed by atoms with Crippen LogP contribution in [0, 0.1) is 0 Å². The van der Waals surface area contributed by atoms with E-state index in [1.807, 2.05) is 0 Å². The molecule has 0 saturated carbocycles. The van der Waals surface area contributed by atoms with Crippen molar-refractivity contribution >= 4 is 17.8 Å². The molecule has 0 saturated heterocycles. The maximum atomic E-state index is 10.8. The Morgan fingerprint density at radius 2 is 1.71 bits per heavy atom. The number of hydrogen-bond donors (Lipinski definition) is 3. The van der Waals surface area contributed by atoms with Gasteiger partial charge in [0.1, 0.15) is 13.2 Å². The van der Waals surface area contributed by atoms with Crippen LogP contribution in [0.4, 0.5) is 0 Å². The average Bonchev–Trinajstić information content (AvgIpc) is 2.02. The number of hydrogen-bond acceptors (Lipinski definition) is 4. The van der Waals surface area contributed by atoms with Gasteiger partial charge in [0.15, 0.2) is 0 Å². The van der Waals surface area contributed by atoms with E-state index in [4.69, 9.17) is 10.2 Å². The van der Waals surface area contributed by atoms with E-state index in [9.17, 15) is 14.4 Å². The molecule has 0 aromatic carbocycles. The van der Waals surface area contributed by atoms with Gasteiger partial charge in [-0.1, -0.05) is 0 Å². The molecule has 80 valence electrons. The summed E-state index contributed by atoms with van der Waals surface area (Å²) in [5, 5.41) is 18.6.